The van der Waals surface area contributed by atoms with Crippen molar-refractivity contribution < 1.29 is 9.63 Å². The lowest BCUT2D eigenvalue weighted by molar-refractivity contribution is -0.138. The fraction of sp³-hybridized carbons (Fsp3) is 0.444. The van der Waals surface area contributed by atoms with Crippen LogP contribution in [0.5, 0.6) is 0 Å². The molecule has 0 aliphatic carbocycles. The van der Waals surface area contributed by atoms with Crippen LogP contribution >= 0.6 is 0 Å². The first kappa shape index (κ1) is 24.1. The molecule has 3 aromatic rings. The summed E-state index contributed by atoms with van der Waals surface area (Å²) in [4.78, 5) is 35.7. The summed E-state index contributed by atoms with van der Waals surface area (Å²) in [6, 6.07) is 10.3. The van der Waals surface area contributed by atoms with E-state index >= 15 is 0 Å². The molecule has 9 nitrogen and oxygen atoms in total. The van der Waals surface area contributed by atoms with Crippen molar-refractivity contribution in [3.63, 3.8) is 0 Å². The second kappa shape index (κ2) is 11.0. The van der Waals surface area contributed by atoms with Gasteiger partial charge in [0.1, 0.15) is 12.8 Å². The highest BCUT2D eigenvalue weighted by molar-refractivity contribution is 6.02. The van der Waals surface area contributed by atoms with E-state index in [4.69, 9.17) is 10.6 Å². The number of nitrogens with two attached hydrogens (primary N) is 1. The second-order valence-corrected chi connectivity index (χ2v) is 9.68. The minimum atomic E-state index is 0.0923. The quantitative estimate of drug-likeness (QED) is 0.420. The molecular weight excluding hydrogens is 454 g/mol. The van der Waals surface area contributed by atoms with Gasteiger partial charge in [-0.25, -0.2) is 9.97 Å². The molecule has 2 aromatic heterocycles. The van der Waals surface area contributed by atoms with Crippen molar-refractivity contribution in [3.05, 3.63) is 60.2 Å². The second-order valence-electron chi connectivity index (χ2n) is 9.68. The first-order chi connectivity index (χ1) is 17.6. The van der Waals surface area contributed by atoms with Crippen molar-refractivity contribution in [2.45, 2.75) is 32.2 Å². The number of amides is 1. The maximum absolute atomic E-state index is 13.3. The molecule has 2 saturated heterocycles. The fourth-order valence-electron chi connectivity index (χ4n) is 5.33. The average Bonchev–Trinajstić information content (AvgIpc) is 2.93. The average molecular weight is 488 g/mol. The van der Waals surface area contributed by atoms with Crippen LogP contribution in [0.25, 0.3) is 10.8 Å². The Hall–Kier alpha value is -3.59. The van der Waals surface area contributed by atoms with Gasteiger partial charge in [0, 0.05) is 61.0 Å². The highest BCUT2D eigenvalue weighted by atomic mass is 16.6. The molecule has 1 amide bonds. The number of nitrogen functional groups attached to an aromatic ring is 1. The molecule has 4 heterocycles. The summed E-state index contributed by atoms with van der Waals surface area (Å²) in [5.74, 6) is 0.889. The van der Waals surface area contributed by atoms with Crippen LogP contribution < -0.4 is 5.73 Å². The van der Waals surface area contributed by atoms with E-state index < -0.39 is 0 Å². The molecular formula is C27H33N7O2. The zero-order valence-electron chi connectivity index (χ0n) is 20.7. The van der Waals surface area contributed by atoms with E-state index in [1.54, 1.807) is 19.5 Å². The Balaban J connectivity index is 1.15. The molecule has 9 heteroatoms. The minimum absolute atomic E-state index is 0.0923. The summed E-state index contributed by atoms with van der Waals surface area (Å²) < 4.78 is 0. The van der Waals surface area contributed by atoms with Gasteiger partial charge < -0.3 is 15.5 Å². The van der Waals surface area contributed by atoms with Gasteiger partial charge in [-0.2, -0.15) is 0 Å². The van der Waals surface area contributed by atoms with Crippen LogP contribution in [0.2, 0.25) is 0 Å². The number of hydrogen-bond acceptors (Lipinski definition) is 8. The zero-order valence-corrected chi connectivity index (χ0v) is 20.7. The van der Waals surface area contributed by atoms with Gasteiger partial charge in [-0.05, 0) is 50.2 Å². The first-order valence-corrected chi connectivity index (χ1v) is 12.6. The molecule has 2 aliphatic rings. The molecule has 1 aromatic carbocycles. The molecule has 36 heavy (non-hydrogen) atoms. The van der Waals surface area contributed by atoms with Crippen LogP contribution in [0.15, 0.2) is 54.1 Å². The van der Waals surface area contributed by atoms with E-state index in [1.807, 2.05) is 23.2 Å². The van der Waals surface area contributed by atoms with E-state index in [-0.39, 0.29) is 17.7 Å². The van der Waals surface area contributed by atoms with Gasteiger partial charge in [-0.3, -0.25) is 14.7 Å². The Labute approximate surface area is 211 Å². The smallest absolute Gasteiger partial charge is 0.225 e. The highest BCUT2D eigenvalue weighted by Gasteiger charge is 2.33. The van der Waals surface area contributed by atoms with Gasteiger partial charge >= 0.3 is 0 Å². The van der Waals surface area contributed by atoms with Gasteiger partial charge in [0.05, 0.1) is 5.69 Å². The number of benzene rings is 1. The van der Waals surface area contributed by atoms with E-state index in [2.05, 4.69) is 43.2 Å². The standard InChI is InChI=1S/C27H33N7O2/c1-36-32-25(24-14-22-4-2-3-5-23(22)17-29-24)20-8-12-34(13-9-20)26(35)21-6-10-33(11-7-21)18-19-15-30-27(28)31-16-19/h2-5,14-17,20-21H,6-13,18H2,1H3,(H2,28,30,31). The maximum atomic E-state index is 13.3. The third-order valence-corrected chi connectivity index (χ3v) is 7.34. The molecule has 2 fully saturated rings. The lowest BCUT2D eigenvalue weighted by atomic mass is 9.88. The Kier molecular flexibility index (Phi) is 7.36. The normalized spacial score (nSPS) is 18.5. The first-order valence-electron chi connectivity index (χ1n) is 12.6. The van der Waals surface area contributed by atoms with Crippen molar-refractivity contribution in [1.82, 2.24) is 24.8 Å². The van der Waals surface area contributed by atoms with Crippen molar-refractivity contribution in [2.75, 3.05) is 39.0 Å². The number of oxime groups is 1. The molecule has 0 unspecified atom stereocenters. The van der Waals surface area contributed by atoms with Gasteiger partial charge in [0.25, 0.3) is 0 Å². The largest absolute Gasteiger partial charge is 0.399 e. The van der Waals surface area contributed by atoms with Crippen molar-refractivity contribution in [1.29, 1.82) is 0 Å². The Morgan fingerprint density at radius 2 is 1.64 bits per heavy atom. The van der Waals surface area contributed by atoms with Gasteiger partial charge in [0.2, 0.25) is 11.9 Å². The zero-order chi connectivity index (χ0) is 24.9. The topological polar surface area (TPSA) is 110 Å². The van der Waals surface area contributed by atoms with Gasteiger partial charge in [-0.15, -0.1) is 0 Å². The number of pyridine rings is 1. The van der Waals surface area contributed by atoms with Crippen LogP contribution in [0, 0.1) is 11.8 Å². The van der Waals surface area contributed by atoms with Crippen LogP contribution in [0.1, 0.15) is 36.9 Å². The molecule has 0 radical (unpaired) electrons. The molecule has 0 spiro atoms. The van der Waals surface area contributed by atoms with Gasteiger partial charge in [0.15, 0.2) is 0 Å². The summed E-state index contributed by atoms with van der Waals surface area (Å²) in [7, 11) is 1.58. The lowest BCUT2D eigenvalue weighted by Crippen LogP contribution is -2.46. The third kappa shape index (κ3) is 5.46. The number of piperidine rings is 2. The van der Waals surface area contributed by atoms with E-state index in [9.17, 15) is 4.79 Å². The summed E-state index contributed by atoms with van der Waals surface area (Å²) in [6.45, 7) is 4.06. The van der Waals surface area contributed by atoms with Crippen molar-refractivity contribution in [2.24, 2.45) is 17.0 Å². The maximum Gasteiger partial charge on any atom is 0.225 e. The molecule has 2 N–H and O–H groups in total. The van der Waals surface area contributed by atoms with E-state index in [1.165, 1.54) is 0 Å². The molecule has 2 aliphatic heterocycles. The van der Waals surface area contributed by atoms with Crippen LogP contribution in [0.4, 0.5) is 5.95 Å². The third-order valence-electron chi connectivity index (χ3n) is 7.34. The number of anilines is 1. The van der Waals surface area contributed by atoms with Crippen LogP contribution in [-0.2, 0) is 16.2 Å². The predicted molar refractivity (Wildman–Crippen MR) is 139 cm³/mol. The monoisotopic (exact) mass is 487 g/mol. The molecule has 0 bridgehead atoms. The number of carbonyl (C=O) groups excluding carboxylic acids is 1. The molecule has 188 valence electrons. The summed E-state index contributed by atoms with van der Waals surface area (Å²) in [6.07, 6.45) is 8.92. The Bertz CT molecular complexity index is 1210. The highest BCUT2D eigenvalue weighted by Crippen LogP contribution is 2.27. The summed E-state index contributed by atoms with van der Waals surface area (Å²) in [5.41, 5.74) is 8.34. The minimum Gasteiger partial charge on any atom is -0.399 e. The molecule has 0 atom stereocenters. The number of nitrogens with zero attached hydrogens (tertiary/aromatic N) is 6. The van der Waals surface area contributed by atoms with E-state index in [0.717, 1.165) is 86.1 Å². The van der Waals surface area contributed by atoms with Crippen LogP contribution in [0.3, 0.4) is 0 Å². The Morgan fingerprint density at radius 3 is 2.33 bits per heavy atom. The predicted octanol–water partition coefficient (Wildman–Crippen LogP) is 3.11. The number of rotatable bonds is 6. The number of likely N-dealkylation sites (tertiary alicyclic amines) is 2. The SMILES string of the molecule is CON=C(c1cc2ccccc2cn1)C1CCN(C(=O)C2CCN(Cc3cnc(N)nc3)CC2)CC1. The molecule has 0 saturated carbocycles. The van der Waals surface area contributed by atoms with Crippen molar-refractivity contribution >= 4 is 28.3 Å². The lowest BCUT2D eigenvalue weighted by Gasteiger charge is -2.37. The number of carbonyl (C=O) groups is 1. The van der Waals surface area contributed by atoms with Gasteiger partial charge in [-0.1, -0.05) is 29.4 Å². The number of hydrogen-bond donors (Lipinski definition) is 1. The summed E-state index contributed by atoms with van der Waals surface area (Å²) >= 11 is 0. The number of fused-ring (bicyclic) bond motifs is 1. The number of aromatic nitrogens is 3. The van der Waals surface area contributed by atoms with Crippen molar-refractivity contribution in [3.8, 4) is 0 Å². The summed E-state index contributed by atoms with van der Waals surface area (Å²) in [5, 5.41) is 6.60. The van der Waals surface area contributed by atoms with E-state index in [0.29, 0.717) is 5.95 Å². The van der Waals surface area contributed by atoms with Crippen LogP contribution in [-0.4, -0.2) is 69.7 Å². The Morgan fingerprint density at radius 1 is 0.972 bits per heavy atom. The molecule has 5 rings (SSSR count). The fourth-order valence-corrected chi connectivity index (χ4v) is 5.33.